The first-order valence-electron chi connectivity index (χ1n) is 8.14. The van der Waals surface area contributed by atoms with E-state index in [1.54, 1.807) is 0 Å². The van der Waals surface area contributed by atoms with Gasteiger partial charge in [-0.15, -0.1) is 0 Å². The molecule has 4 nitrogen and oxygen atoms in total. The molecule has 120 valence electrons. The Labute approximate surface area is 123 Å². The molecule has 20 heavy (non-hydrogen) atoms. The first-order valence-corrected chi connectivity index (χ1v) is 8.14. The molecule has 3 N–H and O–H groups in total. The van der Waals surface area contributed by atoms with Crippen molar-refractivity contribution in [2.45, 2.75) is 77.1 Å². The number of ether oxygens (including phenoxy) is 1. The first-order chi connectivity index (χ1) is 9.41. The van der Waals surface area contributed by atoms with Gasteiger partial charge in [0.05, 0.1) is 24.4 Å². The third kappa shape index (κ3) is 7.58. The maximum Gasteiger partial charge on any atom is 0.0897 e. The molecule has 1 aliphatic carbocycles. The average Bonchev–Trinajstić information content (AvgIpc) is 2.36. The van der Waals surface area contributed by atoms with E-state index in [4.69, 9.17) is 4.74 Å². The van der Waals surface area contributed by atoms with Gasteiger partial charge < -0.3 is 20.3 Å². The van der Waals surface area contributed by atoms with Crippen molar-refractivity contribution in [3.05, 3.63) is 0 Å². The molecule has 0 aromatic rings. The molecule has 0 aliphatic heterocycles. The molecule has 0 saturated heterocycles. The fraction of sp³-hybridized carbons (Fsp3) is 1.00. The summed E-state index contributed by atoms with van der Waals surface area (Å²) in [6.45, 7) is 7.80. The lowest BCUT2D eigenvalue weighted by atomic mass is 9.85. The first kappa shape index (κ1) is 17.9. The molecular formula is C16H33NO3. The lowest BCUT2D eigenvalue weighted by molar-refractivity contribution is -0.0179. The van der Waals surface area contributed by atoms with E-state index in [-0.39, 0.29) is 6.10 Å². The van der Waals surface area contributed by atoms with E-state index >= 15 is 0 Å². The van der Waals surface area contributed by atoms with Crippen LogP contribution in [0.1, 0.15) is 59.3 Å². The van der Waals surface area contributed by atoms with E-state index in [0.717, 1.165) is 32.1 Å². The summed E-state index contributed by atoms with van der Waals surface area (Å²) in [5.74, 6) is 0.612. The number of hydrogen-bond donors (Lipinski definition) is 3. The quantitative estimate of drug-likeness (QED) is 0.607. The standard InChI is InChI=1S/C16H33NO3/c1-13(2)9-14(3)20-11-15(18)10-17-12-16(19)7-5-4-6-8-16/h13-15,17-19H,4-12H2,1-3H3. The highest BCUT2D eigenvalue weighted by Crippen LogP contribution is 2.27. The third-order valence-electron chi connectivity index (χ3n) is 3.99. The highest BCUT2D eigenvalue weighted by atomic mass is 16.5. The molecule has 0 spiro atoms. The predicted octanol–water partition coefficient (Wildman–Crippen LogP) is 2.08. The van der Waals surface area contributed by atoms with Crippen molar-refractivity contribution in [3.63, 3.8) is 0 Å². The Morgan fingerprint density at radius 1 is 1.15 bits per heavy atom. The Bertz CT molecular complexity index is 252. The summed E-state index contributed by atoms with van der Waals surface area (Å²) in [6, 6.07) is 0. The zero-order valence-corrected chi connectivity index (χ0v) is 13.4. The molecule has 0 aromatic carbocycles. The number of aliphatic hydroxyl groups excluding tert-OH is 1. The Morgan fingerprint density at radius 3 is 2.40 bits per heavy atom. The minimum absolute atomic E-state index is 0.187. The van der Waals surface area contributed by atoms with Gasteiger partial charge in [-0.2, -0.15) is 0 Å². The fourth-order valence-electron chi connectivity index (χ4n) is 2.92. The molecule has 2 atom stereocenters. The topological polar surface area (TPSA) is 61.7 Å². The Kier molecular flexibility index (Phi) is 8.03. The van der Waals surface area contributed by atoms with Crippen molar-refractivity contribution in [1.82, 2.24) is 5.32 Å². The van der Waals surface area contributed by atoms with Crippen LogP contribution in [0, 0.1) is 5.92 Å². The highest BCUT2D eigenvalue weighted by molar-refractivity contribution is 4.84. The maximum absolute atomic E-state index is 10.3. The van der Waals surface area contributed by atoms with Crippen LogP contribution in [0.5, 0.6) is 0 Å². The Hall–Kier alpha value is -0.160. The minimum Gasteiger partial charge on any atom is -0.389 e. The largest absolute Gasteiger partial charge is 0.389 e. The molecule has 1 saturated carbocycles. The van der Waals surface area contributed by atoms with Crippen molar-refractivity contribution in [2.75, 3.05) is 19.7 Å². The molecule has 4 heteroatoms. The predicted molar refractivity (Wildman–Crippen MR) is 81.8 cm³/mol. The summed E-state index contributed by atoms with van der Waals surface area (Å²) >= 11 is 0. The van der Waals surface area contributed by atoms with Gasteiger partial charge in [-0.05, 0) is 32.1 Å². The van der Waals surface area contributed by atoms with Crippen LogP contribution in [0.15, 0.2) is 0 Å². The second kappa shape index (κ2) is 8.98. The Morgan fingerprint density at radius 2 is 1.80 bits per heavy atom. The monoisotopic (exact) mass is 287 g/mol. The van der Waals surface area contributed by atoms with Gasteiger partial charge in [-0.25, -0.2) is 0 Å². The summed E-state index contributed by atoms with van der Waals surface area (Å²) in [5, 5.41) is 23.4. The van der Waals surface area contributed by atoms with Crippen LogP contribution in [0.2, 0.25) is 0 Å². The molecular weight excluding hydrogens is 254 g/mol. The molecule has 0 bridgehead atoms. The van der Waals surface area contributed by atoms with E-state index in [9.17, 15) is 10.2 Å². The van der Waals surface area contributed by atoms with Crippen LogP contribution < -0.4 is 5.32 Å². The van der Waals surface area contributed by atoms with Gasteiger partial charge in [0.15, 0.2) is 0 Å². The third-order valence-corrected chi connectivity index (χ3v) is 3.99. The Balaban J connectivity index is 2.09. The van der Waals surface area contributed by atoms with Gasteiger partial charge in [0.25, 0.3) is 0 Å². The summed E-state index contributed by atoms with van der Waals surface area (Å²) in [5.41, 5.74) is -0.566. The van der Waals surface area contributed by atoms with Crippen LogP contribution in [-0.4, -0.2) is 47.7 Å². The second-order valence-electron chi connectivity index (χ2n) is 6.84. The van der Waals surface area contributed by atoms with Crippen molar-refractivity contribution >= 4 is 0 Å². The molecule has 0 aromatic heterocycles. The minimum atomic E-state index is -0.566. The fourth-order valence-corrected chi connectivity index (χ4v) is 2.92. The van der Waals surface area contributed by atoms with Gasteiger partial charge in [-0.3, -0.25) is 0 Å². The van der Waals surface area contributed by atoms with Gasteiger partial charge in [0, 0.05) is 13.1 Å². The van der Waals surface area contributed by atoms with Crippen LogP contribution >= 0.6 is 0 Å². The number of hydrogen-bond acceptors (Lipinski definition) is 4. The molecule has 0 heterocycles. The molecule has 1 rings (SSSR count). The lowest BCUT2D eigenvalue weighted by Crippen LogP contribution is -2.44. The average molecular weight is 287 g/mol. The normalized spacial score (nSPS) is 21.9. The lowest BCUT2D eigenvalue weighted by Gasteiger charge is -2.32. The number of aliphatic hydroxyl groups is 2. The van der Waals surface area contributed by atoms with Gasteiger partial charge >= 0.3 is 0 Å². The van der Waals surface area contributed by atoms with E-state index in [1.165, 1.54) is 6.42 Å². The zero-order valence-electron chi connectivity index (χ0n) is 13.4. The van der Waals surface area contributed by atoms with E-state index < -0.39 is 11.7 Å². The van der Waals surface area contributed by atoms with Gasteiger partial charge in [-0.1, -0.05) is 33.1 Å². The maximum atomic E-state index is 10.3. The number of nitrogens with one attached hydrogen (secondary N) is 1. The van der Waals surface area contributed by atoms with Crippen molar-refractivity contribution < 1.29 is 14.9 Å². The molecule has 1 fully saturated rings. The highest BCUT2D eigenvalue weighted by Gasteiger charge is 2.28. The van der Waals surface area contributed by atoms with Crippen LogP contribution in [0.4, 0.5) is 0 Å². The second-order valence-corrected chi connectivity index (χ2v) is 6.84. The van der Waals surface area contributed by atoms with E-state index in [1.807, 2.05) is 6.92 Å². The molecule has 0 radical (unpaired) electrons. The van der Waals surface area contributed by atoms with Crippen molar-refractivity contribution in [2.24, 2.45) is 5.92 Å². The van der Waals surface area contributed by atoms with Gasteiger partial charge in [0.1, 0.15) is 0 Å². The van der Waals surface area contributed by atoms with Crippen LogP contribution in [0.3, 0.4) is 0 Å². The van der Waals surface area contributed by atoms with Gasteiger partial charge in [0.2, 0.25) is 0 Å². The molecule has 1 aliphatic rings. The van der Waals surface area contributed by atoms with Crippen LogP contribution in [-0.2, 0) is 4.74 Å². The molecule has 0 amide bonds. The number of rotatable bonds is 9. The van der Waals surface area contributed by atoms with Crippen molar-refractivity contribution in [1.29, 1.82) is 0 Å². The zero-order chi connectivity index (χ0) is 15.0. The van der Waals surface area contributed by atoms with E-state index in [0.29, 0.717) is 25.6 Å². The summed E-state index contributed by atoms with van der Waals surface area (Å²) < 4.78 is 5.63. The molecule has 2 unspecified atom stereocenters. The summed E-state index contributed by atoms with van der Waals surface area (Å²) in [7, 11) is 0. The van der Waals surface area contributed by atoms with E-state index in [2.05, 4.69) is 19.2 Å². The van der Waals surface area contributed by atoms with Crippen LogP contribution in [0.25, 0.3) is 0 Å². The summed E-state index contributed by atoms with van der Waals surface area (Å²) in [4.78, 5) is 0. The summed E-state index contributed by atoms with van der Waals surface area (Å²) in [6.07, 6.45) is 5.89. The smallest absolute Gasteiger partial charge is 0.0897 e. The SMILES string of the molecule is CC(C)CC(C)OCC(O)CNCC1(O)CCCCC1. The van der Waals surface area contributed by atoms with Crippen molar-refractivity contribution in [3.8, 4) is 0 Å².